The molecular formula is C17H10BrF3O6S. The summed E-state index contributed by atoms with van der Waals surface area (Å²) >= 11 is 3.14. The molecule has 1 heterocycles. The van der Waals surface area contributed by atoms with Crippen molar-refractivity contribution < 1.29 is 34.9 Å². The molecule has 0 amide bonds. The fourth-order valence-electron chi connectivity index (χ4n) is 2.45. The van der Waals surface area contributed by atoms with Gasteiger partial charge in [0.1, 0.15) is 22.0 Å². The molecule has 0 aliphatic rings. The highest BCUT2D eigenvalue weighted by Gasteiger charge is 2.34. The maximum absolute atomic E-state index is 13.1. The van der Waals surface area contributed by atoms with Crippen molar-refractivity contribution >= 4 is 37.0 Å². The molecule has 0 aliphatic heterocycles. The molecule has 28 heavy (non-hydrogen) atoms. The van der Waals surface area contributed by atoms with E-state index in [9.17, 15) is 26.4 Å². The maximum Gasteiger partial charge on any atom is 0.417 e. The molecule has 0 aliphatic carbocycles. The Morgan fingerprint density at radius 1 is 1.07 bits per heavy atom. The van der Waals surface area contributed by atoms with Crippen LogP contribution in [0.15, 0.2) is 61.0 Å². The van der Waals surface area contributed by atoms with Gasteiger partial charge in [0, 0.05) is 22.0 Å². The largest absolute Gasteiger partial charge is 0.495 e. The van der Waals surface area contributed by atoms with Gasteiger partial charge in [0.15, 0.2) is 0 Å². The van der Waals surface area contributed by atoms with Crippen molar-refractivity contribution in [2.24, 2.45) is 0 Å². The van der Waals surface area contributed by atoms with Crippen LogP contribution < -0.4 is 14.5 Å². The van der Waals surface area contributed by atoms with Crippen molar-refractivity contribution in [1.29, 1.82) is 0 Å². The summed E-state index contributed by atoms with van der Waals surface area (Å²) in [5, 5.41) is -0.406. The second-order valence-electron chi connectivity index (χ2n) is 5.47. The predicted molar refractivity (Wildman–Crippen MR) is 96.0 cm³/mol. The van der Waals surface area contributed by atoms with Crippen molar-refractivity contribution in [2.75, 3.05) is 7.11 Å². The van der Waals surface area contributed by atoms with E-state index in [0.29, 0.717) is 10.5 Å². The number of halogens is 4. The van der Waals surface area contributed by atoms with E-state index in [4.69, 9.17) is 13.3 Å². The topological polar surface area (TPSA) is 82.8 Å². The molecule has 3 rings (SSSR count). The first kappa shape index (κ1) is 20.2. The lowest BCUT2D eigenvalue weighted by molar-refractivity contribution is -0.136. The van der Waals surface area contributed by atoms with E-state index in [1.54, 1.807) is 6.07 Å². The Bertz CT molecular complexity index is 1220. The van der Waals surface area contributed by atoms with E-state index in [1.807, 2.05) is 0 Å². The van der Waals surface area contributed by atoms with Gasteiger partial charge in [-0.25, -0.2) is 4.79 Å². The highest BCUT2D eigenvalue weighted by molar-refractivity contribution is 9.10. The summed E-state index contributed by atoms with van der Waals surface area (Å²) in [4.78, 5) is 11.1. The fourth-order valence-corrected chi connectivity index (χ4v) is 4.08. The summed E-state index contributed by atoms with van der Waals surface area (Å²) < 4.78 is 79.6. The van der Waals surface area contributed by atoms with Gasteiger partial charge in [-0.3, -0.25) is 0 Å². The van der Waals surface area contributed by atoms with E-state index < -0.39 is 38.5 Å². The molecule has 3 aromatic rings. The van der Waals surface area contributed by atoms with Crippen LogP contribution in [0.5, 0.6) is 11.5 Å². The molecule has 6 nitrogen and oxygen atoms in total. The predicted octanol–water partition coefficient (Wildman–Crippen LogP) is 4.35. The van der Waals surface area contributed by atoms with Crippen molar-refractivity contribution in [3.63, 3.8) is 0 Å². The molecule has 2 aromatic carbocycles. The van der Waals surface area contributed by atoms with Gasteiger partial charge in [-0.1, -0.05) is 15.9 Å². The van der Waals surface area contributed by atoms with Crippen LogP contribution in [-0.2, 0) is 16.3 Å². The van der Waals surface area contributed by atoms with E-state index in [-0.39, 0.29) is 16.4 Å². The molecule has 1 aromatic heterocycles. The third kappa shape index (κ3) is 3.99. The van der Waals surface area contributed by atoms with E-state index in [2.05, 4.69) is 15.9 Å². The molecular weight excluding hydrogens is 469 g/mol. The summed E-state index contributed by atoms with van der Waals surface area (Å²) in [5.41, 5.74) is -2.89. The van der Waals surface area contributed by atoms with Gasteiger partial charge in [0.25, 0.3) is 0 Å². The van der Waals surface area contributed by atoms with Crippen LogP contribution in [0.3, 0.4) is 0 Å². The Kier molecular flexibility index (Phi) is 5.15. The molecule has 0 fully saturated rings. The van der Waals surface area contributed by atoms with Crippen molar-refractivity contribution in [3.8, 4) is 11.5 Å². The van der Waals surface area contributed by atoms with Crippen molar-refractivity contribution in [3.05, 3.63) is 62.9 Å². The second kappa shape index (κ2) is 7.13. The van der Waals surface area contributed by atoms with Crippen LogP contribution in [0.2, 0.25) is 0 Å². The molecule has 0 N–H and O–H groups in total. The second-order valence-corrected chi connectivity index (χ2v) is 7.90. The van der Waals surface area contributed by atoms with E-state index >= 15 is 0 Å². The molecule has 11 heteroatoms. The number of hydrogen-bond donors (Lipinski definition) is 0. The van der Waals surface area contributed by atoms with E-state index in [0.717, 1.165) is 18.2 Å². The van der Waals surface area contributed by atoms with Gasteiger partial charge in [0.2, 0.25) is 0 Å². The molecule has 0 spiro atoms. The van der Waals surface area contributed by atoms with Gasteiger partial charge in [-0.15, -0.1) is 0 Å². The van der Waals surface area contributed by atoms with Crippen LogP contribution >= 0.6 is 15.9 Å². The lowest BCUT2D eigenvalue weighted by Gasteiger charge is -2.12. The lowest BCUT2D eigenvalue weighted by Crippen LogP contribution is -2.12. The maximum atomic E-state index is 13.1. The fraction of sp³-hybridized carbons (Fsp3) is 0.118. The van der Waals surface area contributed by atoms with Crippen LogP contribution in [0, 0.1) is 0 Å². The van der Waals surface area contributed by atoms with Crippen molar-refractivity contribution in [1.82, 2.24) is 0 Å². The zero-order chi connectivity index (χ0) is 20.7. The number of hydrogen-bond acceptors (Lipinski definition) is 6. The molecule has 0 atom stereocenters. The standard InChI is InChI=1S/C17H10BrF3O6S/c1-25-13-5-2-9(18)6-15(13)28(23,24)27-10-3-4-11-12(17(19,20)21)8-16(22)26-14(11)7-10/h2-8H,1H3. The number of fused-ring (bicyclic) bond motifs is 1. The Morgan fingerprint density at radius 3 is 2.43 bits per heavy atom. The summed E-state index contributed by atoms with van der Waals surface area (Å²) in [6.07, 6.45) is -4.79. The molecule has 148 valence electrons. The molecule has 0 saturated heterocycles. The van der Waals surface area contributed by atoms with Gasteiger partial charge in [0.05, 0.1) is 12.7 Å². The minimum absolute atomic E-state index is 0.00915. The molecule has 0 radical (unpaired) electrons. The Balaban J connectivity index is 2.08. The zero-order valence-electron chi connectivity index (χ0n) is 13.9. The average Bonchev–Trinajstić information content (AvgIpc) is 2.59. The van der Waals surface area contributed by atoms with Gasteiger partial charge >= 0.3 is 21.9 Å². The monoisotopic (exact) mass is 478 g/mol. The van der Waals surface area contributed by atoms with E-state index in [1.165, 1.54) is 19.2 Å². The lowest BCUT2D eigenvalue weighted by atomic mass is 10.1. The SMILES string of the molecule is COc1ccc(Br)cc1S(=O)(=O)Oc1ccc2c(C(F)(F)F)cc(=O)oc2c1. The summed E-state index contributed by atoms with van der Waals surface area (Å²) in [6, 6.07) is 7.41. The van der Waals surface area contributed by atoms with Gasteiger partial charge in [-0.05, 0) is 30.3 Å². The highest BCUT2D eigenvalue weighted by atomic mass is 79.9. The number of benzene rings is 2. The first-order valence-corrected chi connectivity index (χ1v) is 9.64. The normalized spacial score (nSPS) is 12.2. The minimum atomic E-state index is -4.79. The van der Waals surface area contributed by atoms with Crippen molar-refractivity contribution in [2.45, 2.75) is 11.1 Å². The number of alkyl halides is 3. The summed E-state index contributed by atoms with van der Waals surface area (Å²) in [6.45, 7) is 0. The third-order valence-corrected chi connectivity index (χ3v) is 5.39. The first-order chi connectivity index (χ1) is 13.0. The summed E-state index contributed by atoms with van der Waals surface area (Å²) in [7, 11) is -3.12. The van der Waals surface area contributed by atoms with Crippen LogP contribution in [0.4, 0.5) is 13.2 Å². The molecule has 0 bridgehead atoms. The number of methoxy groups -OCH3 is 1. The third-order valence-electron chi connectivity index (χ3n) is 3.62. The van der Waals surface area contributed by atoms with Gasteiger partial charge < -0.3 is 13.3 Å². The van der Waals surface area contributed by atoms with Crippen LogP contribution in [0.1, 0.15) is 5.56 Å². The number of ether oxygens (including phenoxy) is 1. The molecule has 0 saturated carbocycles. The highest BCUT2D eigenvalue weighted by Crippen LogP contribution is 2.36. The zero-order valence-corrected chi connectivity index (χ0v) is 16.3. The first-order valence-electron chi connectivity index (χ1n) is 7.44. The van der Waals surface area contributed by atoms with Gasteiger partial charge in [-0.2, -0.15) is 21.6 Å². The average molecular weight is 479 g/mol. The van der Waals surface area contributed by atoms with Crippen LogP contribution in [0.25, 0.3) is 11.0 Å². The Labute approximate surface area is 164 Å². The number of rotatable bonds is 4. The summed E-state index contributed by atoms with van der Waals surface area (Å²) in [5.74, 6) is -0.327. The smallest absolute Gasteiger partial charge is 0.417 e. The Hall–Kier alpha value is -2.53. The van der Waals surface area contributed by atoms with Crippen LogP contribution in [-0.4, -0.2) is 15.5 Å². The Morgan fingerprint density at radius 2 is 1.79 bits per heavy atom. The quantitative estimate of drug-likeness (QED) is 0.409. The minimum Gasteiger partial charge on any atom is -0.495 e. The molecule has 0 unspecified atom stereocenters.